The topological polar surface area (TPSA) is 33.3 Å². The summed E-state index contributed by atoms with van der Waals surface area (Å²) in [4.78, 5) is 0. The predicted molar refractivity (Wildman–Crippen MR) is 89.3 cm³/mol. The number of ether oxygens (including phenoxy) is 1. The fraction of sp³-hybridized carbons (Fsp3) is 0.133. The molecule has 2 aromatic rings. The summed E-state index contributed by atoms with van der Waals surface area (Å²) in [5.41, 5.74) is 0.00243. The number of benzene rings is 2. The van der Waals surface area contributed by atoms with Crippen molar-refractivity contribution in [1.29, 1.82) is 0 Å². The second kappa shape index (κ2) is 7.06. The van der Waals surface area contributed by atoms with Crippen LogP contribution in [0.5, 0.6) is 5.75 Å². The molecule has 122 valence electrons. The van der Waals surface area contributed by atoms with E-state index < -0.39 is 11.7 Å². The molecule has 0 aliphatic carbocycles. The van der Waals surface area contributed by atoms with Gasteiger partial charge in [-0.25, -0.2) is 0 Å². The number of anilines is 2. The van der Waals surface area contributed by atoms with Crippen molar-refractivity contribution in [3.8, 4) is 5.75 Å². The van der Waals surface area contributed by atoms with Crippen molar-refractivity contribution in [2.24, 2.45) is 0 Å². The van der Waals surface area contributed by atoms with E-state index in [0.717, 1.165) is 12.1 Å². The van der Waals surface area contributed by atoms with Crippen molar-refractivity contribution in [2.75, 3.05) is 17.7 Å². The SMILES string of the molecule is COc1cc(NC(=S)Nc2ccc(Cl)cc2)cc(C(F)(F)F)c1. The molecule has 0 saturated heterocycles. The van der Waals surface area contributed by atoms with Gasteiger partial charge < -0.3 is 15.4 Å². The average Bonchev–Trinajstić information content (AvgIpc) is 2.48. The first-order valence-corrected chi connectivity index (χ1v) is 7.16. The molecule has 0 aliphatic heterocycles. The lowest BCUT2D eigenvalue weighted by molar-refractivity contribution is -0.137. The molecule has 0 spiro atoms. The molecule has 0 amide bonds. The van der Waals surface area contributed by atoms with Crippen LogP contribution in [0, 0.1) is 0 Å². The molecule has 0 radical (unpaired) electrons. The van der Waals surface area contributed by atoms with Crippen LogP contribution in [0.25, 0.3) is 0 Å². The second-order valence-corrected chi connectivity index (χ2v) is 5.38. The predicted octanol–water partition coefficient (Wildman–Crippen LogP) is 5.18. The van der Waals surface area contributed by atoms with E-state index in [-0.39, 0.29) is 16.5 Å². The highest BCUT2D eigenvalue weighted by molar-refractivity contribution is 7.80. The first kappa shape index (κ1) is 17.4. The smallest absolute Gasteiger partial charge is 0.416 e. The Morgan fingerprint density at radius 3 is 2.22 bits per heavy atom. The molecule has 0 atom stereocenters. The molecular formula is C15H12ClF3N2OS. The summed E-state index contributed by atoms with van der Waals surface area (Å²) in [6.07, 6.45) is -4.48. The van der Waals surface area contributed by atoms with Crippen molar-refractivity contribution >= 4 is 40.3 Å². The molecule has 0 aliphatic rings. The summed E-state index contributed by atoms with van der Waals surface area (Å²) < 4.78 is 43.5. The van der Waals surface area contributed by atoms with E-state index in [4.69, 9.17) is 28.6 Å². The Labute approximate surface area is 141 Å². The fourth-order valence-corrected chi connectivity index (χ4v) is 2.14. The Morgan fingerprint density at radius 1 is 1.04 bits per heavy atom. The van der Waals surface area contributed by atoms with Gasteiger partial charge in [-0.3, -0.25) is 0 Å². The molecule has 0 unspecified atom stereocenters. The third-order valence-electron chi connectivity index (χ3n) is 2.83. The number of thiocarbonyl (C=S) groups is 1. The quantitative estimate of drug-likeness (QED) is 0.739. The normalized spacial score (nSPS) is 11.0. The molecule has 8 heteroatoms. The number of nitrogens with one attached hydrogen (secondary N) is 2. The molecule has 0 bridgehead atoms. The van der Waals surface area contributed by atoms with Gasteiger partial charge in [0.15, 0.2) is 5.11 Å². The maximum Gasteiger partial charge on any atom is 0.416 e. The van der Waals surface area contributed by atoms with Crippen LogP contribution in [0.2, 0.25) is 5.02 Å². The standard InChI is InChI=1S/C15H12ClF3N2OS/c1-22-13-7-9(15(17,18)19)6-12(8-13)21-14(23)20-11-4-2-10(16)3-5-11/h2-8H,1H3,(H2,20,21,23). The maximum absolute atomic E-state index is 12.9. The monoisotopic (exact) mass is 360 g/mol. The lowest BCUT2D eigenvalue weighted by Gasteiger charge is -2.14. The van der Waals surface area contributed by atoms with E-state index in [1.807, 2.05) is 0 Å². The van der Waals surface area contributed by atoms with Gasteiger partial charge in [0.1, 0.15) is 5.75 Å². The van der Waals surface area contributed by atoms with Crippen molar-refractivity contribution in [3.05, 3.63) is 53.1 Å². The van der Waals surface area contributed by atoms with E-state index in [0.29, 0.717) is 10.7 Å². The van der Waals surface area contributed by atoms with Gasteiger partial charge in [-0.2, -0.15) is 13.2 Å². The van der Waals surface area contributed by atoms with Crippen molar-refractivity contribution in [3.63, 3.8) is 0 Å². The van der Waals surface area contributed by atoms with E-state index in [1.54, 1.807) is 24.3 Å². The van der Waals surface area contributed by atoms with Gasteiger partial charge >= 0.3 is 6.18 Å². The van der Waals surface area contributed by atoms with Crippen LogP contribution < -0.4 is 15.4 Å². The van der Waals surface area contributed by atoms with E-state index in [1.165, 1.54) is 13.2 Å². The van der Waals surface area contributed by atoms with Gasteiger partial charge in [0.25, 0.3) is 0 Å². The van der Waals surface area contributed by atoms with Crippen LogP contribution in [0.15, 0.2) is 42.5 Å². The highest BCUT2D eigenvalue weighted by Gasteiger charge is 2.31. The first-order chi connectivity index (χ1) is 10.8. The molecular weight excluding hydrogens is 349 g/mol. The number of rotatable bonds is 3. The van der Waals surface area contributed by atoms with Crippen LogP contribution in [0.3, 0.4) is 0 Å². The Balaban J connectivity index is 2.15. The van der Waals surface area contributed by atoms with Gasteiger partial charge in [-0.1, -0.05) is 11.6 Å². The van der Waals surface area contributed by atoms with Crippen molar-refractivity contribution < 1.29 is 17.9 Å². The zero-order valence-electron chi connectivity index (χ0n) is 11.9. The minimum atomic E-state index is -4.48. The van der Waals surface area contributed by atoms with Crippen molar-refractivity contribution in [1.82, 2.24) is 0 Å². The van der Waals surface area contributed by atoms with E-state index >= 15 is 0 Å². The van der Waals surface area contributed by atoms with Gasteiger partial charge in [0.2, 0.25) is 0 Å². The Morgan fingerprint density at radius 2 is 1.65 bits per heavy atom. The zero-order chi connectivity index (χ0) is 17.0. The molecule has 23 heavy (non-hydrogen) atoms. The van der Waals surface area contributed by atoms with Gasteiger partial charge in [-0.05, 0) is 48.6 Å². The average molecular weight is 361 g/mol. The lowest BCUT2D eigenvalue weighted by atomic mass is 10.2. The minimum absolute atomic E-state index is 0.0802. The zero-order valence-corrected chi connectivity index (χ0v) is 13.4. The number of hydrogen-bond donors (Lipinski definition) is 2. The summed E-state index contributed by atoms with van der Waals surface area (Å²) in [5.74, 6) is 0.0802. The van der Waals surface area contributed by atoms with Crippen LogP contribution in [-0.4, -0.2) is 12.2 Å². The van der Waals surface area contributed by atoms with Crippen molar-refractivity contribution in [2.45, 2.75) is 6.18 Å². The highest BCUT2D eigenvalue weighted by Crippen LogP contribution is 2.34. The number of methoxy groups -OCH3 is 1. The second-order valence-electron chi connectivity index (χ2n) is 4.53. The van der Waals surface area contributed by atoms with Gasteiger partial charge in [-0.15, -0.1) is 0 Å². The Hall–Kier alpha value is -1.99. The molecule has 0 fully saturated rings. The highest BCUT2D eigenvalue weighted by atomic mass is 35.5. The summed E-state index contributed by atoms with van der Waals surface area (Å²) in [5, 5.41) is 6.27. The molecule has 0 saturated carbocycles. The summed E-state index contributed by atoms with van der Waals surface area (Å²) in [7, 11) is 1.30. The maximum atomic E-state index is 12.9. The number of hydrogen-bond acceptors (Lipinski definition) is 2. The minimum Gasteiger partial charge on any atom is -0.497 e. The molecule has 0 heterocycles. The molecule has 3 nitrogen and oxygen atoms in total. The molecule has 0 aromatic heterocycles. The number of alkyl halides is 3. The van der Waals surface area contributed by atoms with Crippen LogP contribution >= 0.6 is 23.8 Å². The summed E-state index contributed by atoms with van der Waals surface area (Å²) in [6, 6.07) is 10.0. The van der Waals surface area contributed by atoms with Crippen LogP contribution in [0.1, 0.15) is 5.56 Å². The lowest BCUT2D eigenvalue weighted by Crippen LogP contribution is -2.19. The Kier molecular flexibility index (Phi) is 5.33. The largest absolute Gasteiger partial charge is 0.497 e. The van der Waals surface area contributed by atoms with E-state index in [2.05, 4.69) is 10.6 Å². The van der Waals surface area contributed by atoms with E-state index in [9.17, 15) is 13.2 Å². The first-order valence-electron chi connectivity index (χ1n) is 6.38. The molecule has 2 aromatic carbocycles. The molecule has 2 N–H and O–H groups in total. The summed E-state index contributed by atoms with van der Waals surface area (Å²) >= 11 is 10.9. The third-order valence-corrected chi connectivity index (χ3v) is 3.29. The summed E-state index contributed by atoms with van der Waals surface area (Å²) in [6.45, 7) is 0. The third kappa shape index (κ3) is 5.01. The van der Waals surface area contributed by atoms with Crippen LogP contribution in [0.4, 0.5) is 24.5 Å². The fourth-order valence-electron chi connectivity index (χ4n) is 1.78. The molecule has 2 rings (SSSR count). The van der Waals surface area contributed by atoms with Crippen LogP contribution in [-0.2, 0) is 6.18 Å². The number of halogens is 4. The van der Waals surface area contributed by atoms with Gasteiger partial charge in [0, 0.05) is 22.5 Å². The Bertz CT molecular complexity index is 705. The van der Waals surface area contributed by atoms with Gasteiger partial charge in [0.05, 0.1) is 12.7 Å².